The van der Waals surface area contributed by atoms with E-state index in [-0.39, 0.29) is 35.6 Å². The highest BCUT2D eigenvalue weighted by molar-refractivity contribution is 6.30. The highest BCUT2D eigenvalue weighted by Crippen LogP contribution is 2.23. The lowest BCUT2D eigenvalue weighted by molar-refractivity contribution is -0.384. The zero-order chi connectivity index (χ0) is 23.8. The van der Waals surface area contributed by atoms with E-state index in [1.54, 1.807) is 24.3 Å². The molecule has 33 heavy (non-hydrogen) atoms. The van der Waals surface area contributed by atoms with Crippen LogP contribution in [0, 0.1) is 10.1 Å². The summed E-state index contributed by atoms with van der Waals surface area (Å²) in [6, 6.07) is 10.7. The Balaban J connectivity index is 1.74. The molecule has 1 aromatic heterocycles. The van der Waals surface area contributed by atoms with Gasteiger partial charge in [-0.05, 0) is 30.3 Å². The van der Waals surface area contributed by atoms with Crippen LogP contribution in [0.5, 0.6) is 0 Å². The number of nitro groups is 1. The molecule has 3 aromatic rings. The van der Waals surface area contributed by atoms with Gasteiger partial charge in [-0.2, -0.15) is 15.0 Å². The first-order valence-corrected chi connectivity index (χ1v) is 9.95. The second kappa shape index (κ2) is 11.0. The van der Waals surface area contributed by atoms with E-state index in [0.717, 1.165) is 6.07 Å². The molecule has 13 heteroatoms. The smallest absolute Gasteiger partial charge is 0.340 e. The van der Waals surface area contributed by atoms with Gasteiger partial charge in [0.25, 0.3) is 5.69 Å². The van der Waals surface area contributed by atoms with Crippen LogP contribution in [0.15, 0.2) is 42.5 Å². The third-order valence-electron chi connectivity index (χ3n) is 4.19. The molecule has 0 amide bonds. The second-order valence-electron chi connectivity index (χ2n) is 6.55. The number of rotatable bonds is 10. The number of nitrogens with zero attached hydrogens (tertiary/aromatic N) is 4. The number of benzene rings is 2. The summed E-state index contributed by atoms with van der Waals surface area (Å²) in [5.74, 6) is -0.644. The number of methoxy groups -OCH3 is 1. The van der Waals surface area contributed by atoms with Gasteiger partial charge in [0.05, 0.1) is 17.1 Å². The topological polar surface area (TPSA) is 167 Å². The quantitative estimate of drug-likeness (QED) is 0.171. The minimum atomic E-state index is -0.801. The summed E-state index contributed by atoms with van der Waals surface area (Å²) in [5.41, 5.74) is 6.50. The number of hydrogen-bond acceptors (Lipinski definition) is 11. The molecule has 2 aromatic carbocycles. The third kappa shape index (κ3) is 6.72. The maximum atomic E-state index is 12.7. The molecule has 0 bridgehead atoms. The van der Waals surface area contributed by atoms with Gasteiger partial charge < -0.3 is 25.8 Å². The highest BCUT2D eigenvalue weighted by Gasteiger charge is 2.19. The zero-order valence-electron chi connectivity index (χ0n) is 17.4. The van der Waals surface area contributed by atoms with Crippen molar-refractivity contribution in [1.29, 1.82) is 0 Å². The van der Waals surface area contributed by atoms with Gasteiger partial charge in [-0.3, -0.25) is 10.1 Å². The van der Waals surface area contributed by atoms with Crippen LogP contribution in [0.3, 0.4) is 0 Å². The van der Waals surface area contributed by atoms with Crippen molar-refractivity contribution in [1.82, 2.24) is 15.0 Å². The molecule has 0 spiro atoms. The number of carbonyl (C=O) groups is 1. The van der Waals surface area contributed by atoms with Crippen molar-refractivity contribution in [2.75, 3.05) is 36.6 Å². The number of hydrogen-bond donors (Lipinski definition) is 3. The lowest BCUT2D eigenvalue weighted by Gasteiger charge is -2.12. The number of nitrogens with one attached hydrogen (secondary N) is 2. The zero-order valence-corrected chi connectivity index (χ0v) is 18.2. The van der Waals surface area contributed by atoms with Gasteiger partial charge in [0, 0.05) is 42.2 Å². The lowest BCUT2D eigenvalue weighted by Crippen LogP contribution is -2.15. The number of esters is 1. The van der Waals surface area contributed by atoms with E-state index in [1.807, 2.05) is 0 Å². The molecular weight excluding hydrogens is 454 g/mol. The van der Waals surface area contributed by atoms with Gasteiger partial charge >= 0.3 is 5.97 Å². The summed E-state index contributed by atoms with van der Waals surface area (Å²) in [6.45, 7) is 0.429. The molecule has 4 N–H and O–H groups in total. The summed E-state index contributed by atoms with van der Waals surface area (Å²) in [4.78, 5) is 35.4. The van der Waals surface area contributed by atoms with Crippen LogP contribution in [0.2, 0.25) is 5.02 Å². The van der Waals surface area contributed by atoms with Crippen LogP contribution in [0.1, 0.15) is 16.2 Å². The maximum Gasteiger partial charge on any atom is 0.340 e. The Labute approximate surface area is 193 Å². The van der Waals surface area contributed by atoms with Crippen LogP contribution in [-0.2, 0) is 16.1 Å². The largest absolute Gasteiger partial charge is 0.454 e. The van der Waals surface area contributed by atoms with Crippen molar-refractivity contribution in [2.24, 2.45) is 0 Å². The van der Waals surface area contributed by atoms with E-state index in [9.17, 15) is 14.9 Å². The van der Waals surface area contributed by atoms with Crippen LogP contribution in [0.25, 0.3) is 0 Å². The average Bonchev–Trinajstić information content (AvgIpc) is 2.79. The fourth-order valence-electron chi connectivity index (χ4n) is 2.69. The van der Waals surface area contributed by atoms with Crippen LogP contribution in [0.4, 0.5) is 29.0 Å². The van der Waals surface area contributed by atoms with Gasteiger partial charge in [0.1, 0.15) is 0 Å². The van der Waals surface area contributed by atoms with E-state index in [0.29, 0.717) is 29.5 Å². The highest BCUT2D eigenvalue weighted by atomic mass is 35.5. The molecule has 0 aliphatic rings. The van der Waals surface area contributed by atoms with Crippen LogP contribution < -0.4 is 16.4 Å². The molecule has 0 aliphatic heterocycles. The van der Waals surface area contributed by atoms with Gasteiger partial charge in [0.15, 0.2) is 12.4 Å². The maximum absolute atomic E-state index is 12.7. The summed E-state index contributed by atoms with van der Waals surface area (Å²) in [5, 5.41) is 17.6. The fourth-order valence-corrected chi connectivity index (χ4v) is 2.81. The van der Waals surface area contributed by atoms with Gasteiger partial charge in [0.2, 0.25) is 11.9 Å². The Hall–Kier alpha value is -4.03. The Morgan fingerprint density at radius 1 is 1.18 bits per heavy atom. The number of non-ortho nitro benzene ring substituents is 1. The fraction of sp³-hybridized carbons (Fsp3) is 0.200. The first kappa shape index (κ1) is 23.6. The minimum Gasteiger partial charge on any atom is -0.454 e. The lowest BCUT2D eigenvalue weighted by atomic mass is 10.1. The van der Waals surface area contributed by atoms with Crippen molar-refractivity contribution in [3.05, 3.63) is 69.0 Å². The Morgan fingerprint density at radius 3 is 2.64 bits per heavy atom. The predicted octanol–water partition coefficient (Wildman–Crippen LogP) is 3.17. The van der Waals surface area contributed by atoms with Crippen molar-refractivity contribution in [2.45, 2.75) is 6.61 Å². The Kier molecular flexibility index (Phi) is 7.89. The first-order valence-electron chi connectivity index (χ1n) is 9.57. The van der Waals surface area contributed by atoms with E-state index < -0.39 is 10.9 Å². The SMILES string of the molecule is COCCNc1ccc([N+](=O)[O-])cc1C(=O)OCc1nc(N)nc(Nc2ccc(Cl)cc2)n1. The summed E-state index contributed by atoms with van der Waals surface area (Å²) >= 11 is 5.87. The van der Waals surface area contributed by atoms with Gasteiger partial charge in [-0.25, -0.2) is 4.79 Å². The molecule has 3 rings (SSSR count). The molecule has 0 saturated carbocycles. The molecule has 0 unspecified atom stereocenters. The van der Waals surface area contributed by atoms with Crippen molar-refractivity contribution in [3.8, 4) is 0 Å². The molecule has 172 valence electrons. The number of aromatic nitrogens is 3. The van der Waals surface area contributed by atoms with E-state index in [2.05, 4.69) is 25.6 Å². The molecule has 0 atom stereocenters. The number of anilines is 4. The summed E-state index contributed by atoms with van der Waals surface area (Å²) in [7, 11) is 1.53. The molecule has 0 radical (unpaired) electrons. The number of ether oxygens (including phenoxy) is 2. The number of nitrogen functional groups attached to an aromatic ring is 1. The van der Waals surface area contributed by atoms with Crippen LogP contribution >= 0.6 is 11.6 Å². The standard InChI is InChI=1S/C20H20ClN7O5/c1-32-9-8-23-16-7-6-14(28(30)31)10-15(16)18(29)33-11-17-25-19(22)27-20(26-17)24-13-4-2-12(21)3-5-13/h2-7,10,23H,8-9,11H2,1H3,(H3,22,24,25,26,27). The molecule has 12 nitrogen and oxygen atoms in total. The van der Waals surface area contributed by atoms with E-state index >= 15 is 0 Å². The van der Waals surface area contributed by atoms with Crippen molar-refractivity contribution < 1.29 is 19.2 Å². The molecule has 1 heterocycles. The molecule has 0 fully saturated rings. The van der Waals surface area contributed by atoms with E-state index in [1.165, 1.54) is 19.2 Å². The summed E-state index contributed by atoms with van der Waals surface area (Å²) < 4.78 is 10.3. The number of carbonyl (C=O) groups excluding carboxylic acids is 1. The normalized spacial score (nSPS) is 10.5. The van der Waals surface area contributed by atoms with Gasteiger partial charge in [-0.1, -0.05) is 11.6 Å². The van der Waals surface area contributed by atoms with Crippen molar-refractivity contribution >= 4 is 46.5 Å². The monoisotopic (exact) mass is 473 g/mol. The first-order chi connectivity index (χ1) is 15.9. The van der Waals surface area contributed by atoms with E-state index in [4.69, 9.17) is 26.8 Å². The molecule has 0 aliphatic carbocycles. The predicted molar refractivity (Wildman–Crippen MR) is 122 cm³/mol. The second-order valence-corrected chi connectivity index (χ2v) is 6.98. The van der Waals surface area contributed by atoms with Crippen molar-refractivity contribution in [3.63, 3.8) is 0 Å². The molecular formula is C20H20ClN7O5. The summed E-state index contributed by atoms with van der Waals surface area (Å²) in [6.07, 6.45) is 0. The van der Waals surface area contributed by atoms with Gasteiger partial charge in [-0.15, -0.1) is 0 Å². The minimum absolute atomic E-state index is 0.0122. The number of halogens is 1. The average molecular weight is 474 g/mol. The third-order valence-corrected chi connectivity index (χ3v) is 4.44. The van der Waals surface area contributed by atoms with Crippen LogP contribution in [-0.4, -0.2) is 46.1 Å². The Bertz CT molecular complexity index is 1140. The molecule has 0 saturated heterocycles. The number of nitro benzene ring substituents is 1. The Morgan fingerprint density at radius 2 is 1.94 bits per heavy atom. The number of nitrogens with two attached hydrogens (primary N) is 1.